The van der Waals surface area contributed by atoms with Gasteiger partial charge in [0.2, 0.25) is 0 Å². The van der Waals surface area contributed by atoms with Crippen molar-refractivity contribution in [3.05, 3.63) is 128 Å². The van der Waals surface area contributed by atoms with Gasteiger partial charge >= 0.3 is 258 Å². The predicted molar refractivity (Wildman–Crippen MR) is 199 cm³/mol. The summed E-state index contributed by atoms with van der Waals surface area (Å²) < 4.78 is 6.59. The fourth-order valence-electron chi connectivity index (χ4n) is 8.55. The Labute approximate surface area is 280 Å². The van der Waals surface area contributed by atoms with Crippen molar-refractivity contribution in [2.75, 3.05) is 0 Å². The average Bonchev–Trinajstić information content (AvgIpc) is 3.53. The number of allylic oxidation sites excluding steroid dienone is 2. The third-order valence-electron chi connectivity index (χ3n) is 10.7. The summed E-state index contributed by atoms with van der Waals surface area (Å²) in [5, 5.41) is 0. The van der Waals surface area contributed by atoms with Gasteiger partial charge in [-0.3, -0.25) is 0 Å². The summed E-state index contributed by atoms with van der Waals surface area (Å²) in [6.45, 7) is 18.9. The molecule has 0 bridgehead atoms. The van der Waals surface area contributed by atoms with Crippen LogP contribution in [0.25, 0.3) is 34.4 Å². The van der Waals surface area contributed by atoms with Crippen molar-refractivity contribution >= 4 is 43.8 Å². The Morgan fingerprint density at radius 2 is 1.25 bits per heavy atom. The van der Waals surface area contributed by atoms with E-state index in [0.717, 1.165) is 0 Å². The number of rotatable bonds is 5. The zero-order valence-corrected chi connectivity index (χ0v) is 33.3. The minimum atomic E-state index is -3.67. The number of hydrogen-bond donors (Lipinski definition) is 0. The predicted octanol–water partition coefficient (Wildman–Crippen LogP) is 11.7. The first-order chi connectivity index (χ1) is 19.8. The smallest absolute Gasteiger partial charge is 0.147 e. The maximum atomic E-state index is 2.77. The minimum absolute atomic E-state index is 0. The largest absolute Gasteiger partial charge is 0.147 e. The molecule has 6 rings (SSSR count). The summed E-state index contributed by atoms with van der Waals surface area (Å²) in [4.78, 5) is 0. The normalized spacial score (nSPS) is 17.3. The van der Waals surface area contributed by atoms with Crippen LogP contribution in [0.4, 0.5) is 0 Å². The summed E-state index contributed by atoms with van der Waals surface area (Å²) in [5.41, 5.74) is 20.5. The van der Waals surface area contributed by atoms with E-state index in [1.165, 1.54) is 55.6 Å². The molecule has 230 valence electrons. The van der Waals surface area contributed by atoms with Crippen LogP contribution in [-0.2, 0) is 17.4 Å². The van der Waals surface area contributed by atoms with Gasteiger partial charge in [0, 0.05) is 0 Å². The van der Waals surface area contributed by atoms with Crippen LogP contribution in [0, 0.1) is 33.6 Å². The molecule has 0 heterocycles. The van der Waals surface area contributed by atoms with Gasteiger partial charge < -0.3 is 0 Å². The summed E-state index contributed by atoms with van der Waals surface area (Å²) in [5.74, 6) is 0.510. The quantitative estimate of drug-likeness (QED) is 0.180. The van der Waals surface area contributed by atoms with Gasteiger partial charge in [-0.1, -0.05) is 0 Å². The second-order valence-electron chi connectivity index (χ2n) is 14.6. The number of benzene rings is 4. The standard InChI is InChI=1S/C21H23.C17H15.2CH3.2ClH.H2Si.Zr/c1-13(2)18-11-17-7-6-8-20(21(17)12-18)19-10-9-14(3)15(4)16(19)5;1-12-10-16-13(2)8-9-15(17(16)11-12)14-6-4-3-5-7-14;;;;;;/h6-13H,1-5H3;3-11H,1-2H3;2*1H3;2*1H;1H2;. The Hall–Kier alpha value is -1.96. The van der Waals surface area contributed by atoms with E-state index in [9.17, 15) is 0 Å². The molecule has 0 radical (unpaired) electrons. The fraction of sp³-hybridized carbons (Fsp3) is 0.300. The number of aryl methyl sites for hydroxylation is 2. The zero-order chi connectivity index (χ0) is 30.2. The van der Waals surface area contributed by atoms with E-state index < -0.39 is 17.4 Å². The topological polar surface area (TPSA) is 0 Å². The van der Waals surface area contributed by atoms with Crippen molar-refractivity contribution in [2.24, 2.45) is 5.92 Å². The Morgan fingerprint density at radius 1 is 0.614 bits per heavy atom. The molecule has 2 unspecified atom stereocenters. The molecule has 0 fully saturated rings. The molecule has 0 nitrogen and oxygen atoms in total. The van der Waals surface area contributed by atoms with Crippen molar-refractivity contribution < 1.29 is 17.4 Å². The molecule has 4 heteroatoms. The van der Waals surface area contributed by atoms with E-state index in [0.29, 0.717) is 13.2 Å². The first-order valence-electron chi connectivity index (χ1n) is 15.7. The summed E-state index contributed by atoms with van der Waals surface area (Å²) in [6, 6.07) is 27.6. The minimum Gasteiger partial charge on any atom is -0.147 e. The number of fused-ring (bicyclic) bond motifs is 2. The van der Waals surface area contributed by atoms with Crippen LogP contribution in [0.3, 0.4) is 0 Å². The van der Waals surface area contributed by atoms with Crippen LogP contribution in [0.1, 0.15) is 72.5 Å². The van der Waals surface area contributed by atoms with Crippen LogP contribution in [0.5, 0.6) is 0 Å². The van der Waals surface area contributed by atoms with Gasteiger partial charge in [-0.25, -0.2) is 0 Å². The molecule has 0 saturated carbocycles. The molecule has 2 aliphatic carbocycles. The maximum absolute atomic E-state index is 3.67. The Balaban J connectivity index is 0.00000221. The van der Waals surface area contributed by atoms with Crippen LogP contribution in [0.15, 0.2) is 83.9 Å². The van der Waals surface area contributed by atoms with Gasteiger partial charge in [-0.05, 0) is 0 Å². The summed E-state index contributed by atoms with van der Waals surface area (Å²) in [7, 11) is 0. The number of halogens is 2. The van der Waals surface area contributed by atoms with E-state index in [2.05, 4.69) is 150 Å². The van der Waals surface area contributed by atoms with Crippen molar-refractivity contribution in [3.8, 4) is 22.3 Å². The van der Waals surface area contributed by atoms with E-state index in [-0.39, 0.29) is 24.8 Å². The van der Waals surface area contributed by atoms with Crippen molar-refractivity contribution in [2.45, 2.75) is 65.0 Å². The Bertz CT molecular complexity index is 1890. The zero-order valence-electron chi connectivity index (χ0n) is 27.8. The van der Waals surface area contributed by atoms with E-state index in [1.807, 2.05) is 0 Å². The second kappa shape index (κ2) is 12.3. The van der Waals surface area contributed by atoms with Crippen LogP contribution >= 0.6 is 24.8 Å². The monoisotopic (exact) mass is 716 g/mol. The molecule has 2 aliphatic rings. The Kier molecular flexibility index (Phi) is 9.78. The third kappa shape index (κ3) is 5.43. The van der Waals surface area contributed by atoms with Crippen LogP contribution in [0.2, 0.25) is 9.26 Å². The van der Waals surface area contributed by atoms with Gasteiger partial charge in [0.1, 0.15) is 0 Å². The van der Waals surface area contributed by atoms with Gasteiger partial charge in [0.25, 0.3) is 0 Å². The van der Waals surface area contributed by atoms with Crippen molar-refractivity contribution in [1.29, 1.82) is 0 Å². The molecule has 0 saturated heterocycles. The van der Waals surface area contributed by atoms with Crippen molar-refractivity contribution in [1.82, 2.24) is 0 Å². The first kappa shape index (κ1) is 34.9. The molecular formula is C40H48Cl2SiZr. The van der Waals surface area contributed by atoms with Gasteiger partial charge in [0.05, 0.1) is 0 Å². The third-order valence-corrected chi connectivity index (χ3v) is 28.3. The van der Waals surface area contributed by atoms with Gasteiger partial charge in [0.15, 0.2) is 0 Å². The first-order valence-corrected chi connectivity index (χ1v) is 29.3. The Morgan fingerprint density at radius 3 is 1.91 bits per heavy atom. The van der Waals surface area contributed by atoms with E-state index in [1.54, 1.807) is 22.3 Å². The molecule has 0 N–H and O–H groups in total. The van der Waals surface area contributed by atoms with Crippen LogP contribution in [-0.4, -0.2) is 6.88 Å². The second-order valence-corrected chi connectivity index (χ2v) is 45.1. The van der Waals surface area contributed by atoms with Crippen molar-refractivity contribution in [3.63, 3.8) is 0 Å². The fourth-order valence-corrected chi connectivity index (χ4v) is 29.2. The molecule has 0 spiro atoms. The van der Waals surface area contributed by atoms with Crippen LogP contribution < -0.4 is 0 Å². The molecule has 0 aromatic heterocycles. The SMILES string of the molecule is CC1=Cc2c(-c3ccccc3)ccc(C)c2[CH]1[Zr]([CH3])([CH3])(=[SiH2])[CH]1C(C(C)C)=Cc2c(-c3ccc(C)c(C)c3C)cccc21.Cl.Cl. The average molecular weight is 719 g/mol. The molecule has 4 aromatic rings. The van der Waals surface area contributed by atoms with Gasteiger partial charge in [-0.2, -0.15) is 0 Å². The number of hydrogen-bond acceptors (Lipinski definition) is 0. The molecule has 0 amide bonds. The maximum Gasteiger partial charge on any atom is -0.147 e. The molecule has 2 atom stereocenters. The summed E-state index contributed by atoms with van der Waals surface area (Å²) in [6.07, 6.45) is 5.16. The molecule has 4 aromatic carbocycles. The van der Waals surface area contributed by atoms with E-state index in [4.69, 9.17) is 0 Å². The van der Waals surface area contributed by atoms with E-state index >= 15 is 0 Å². The molecule has 44 heavy (non-hydrogen) atoms. The van der Waals surface area contributed by atoms with Gasteiger partial charge in [-0.15, -0.1) is 24.8 Å². The summed E-state index contributed by atoms with van der Waals surface area (Å²) >= 11 is -3.67. The molecular weight excluding hydrogens is 671 g/mol. The molecule has 0 aliphatic heterocycles.